The summed E-state index contributed by atoms with van der Waals surface area (Å²) in [6.07, 6.45) is 7.25. The van der Waals surface area contributed by atoms with Gasteiger partial charge >= 0.3 is 6.03 Å². The number of thioether (sulfide) groups is 1. The van der Waals surface area contributed by atoms with Crippen molar-refractivity contribution < 1.29 is 4.79 Å². The number of rotatable bonds is 2. The summed E-state index contributed by atoms with van der Waals surface area (Å²) in [5.74, 6) is 1.23. The number of aromatic nitrogens is 2. The summed E-state index contributed by atoms with van der Waals surface area (Å²) in [6, 6.07) is -0.0880. The van der Waals surface area contributed by atoms with E-state index in [2.05, 4.69) is 10.3 Å². The number of carbonyl (C=O) groups is 1. The molecule has 2 heterocycles. The highest BCUT2D eigenvalue weighted by Gasteiger charge is 2.16. The molecule has 1 unspecified atom stereocenters. The summed E-state index contributed by atoms with van der Waals surface area (Å²) >= 11 is 1.94. The molecule has 0 aliphatic carbocycles. The summed E-state index contributed by atoms with van der Waals surface area (Å²) < 4.78 is 1.46. The Hall–Kier alpha value is -0.970. The Labute approximate surface area is 87.1 Å². The van der Waals surface area contributed by atoms with Crippen molar-refractivity contribution in [3.8, 4) is 0 Å². The van der Waals surface area contributed by atoms with Crippen molar-refractivity contribution in [2.45, 2.75) is 18.1 Å². The molecular formula is C9H13N3OS. The van der Waals surface area contributed by atoms with Crippen LogP contribution in [0, 0.1) is 0 Å². The fraction of sp³-hybridized carbons (Fsp3) is 0.556. The lowest BCUT2D eigenvalue weighted by Gasteiger charge is -2.09. The van der Waals surface area contributed by atoms with E-state index >= 15 is 0 Å². The van der Waals surface area contributed by atoms with E-state index in [-0.39, 0.29) is 6.03 Å². The molecule has 1 amide bonds. The molecule has 1 aromatic rings. The standard InChI is InChI=1S/C9H13N3OS/c13-9(12-4-3-10-7-12)11-6-8-2-1-5-14-8/h3-4,7-8H,1-2,5-6H2,(H,11,13). The predicted octanol–water partition coefficient (Wildman–Crippen LogP) is 1.34. The van der Waals surface area contributed by atoms with Crippen molar-refractivity contribution in [3.05, 3.63) is 18.7 Å². The van der Waals surface area contributed by atoms with E-state index < -0.39 is 0 Å². The first-order valence-electron chi connectivity index (χ1n) is 4.74. The maximum atomic E-state index is 11.5. The van der Waals surface area contributed by atoms with Crippen LogP contribution in [-0.4, -0.2) is 33.1 Å². The molecule has 5 heteroatoms. The summed E-state index contributed by atoms with van der Waals surface area (Å²) in [6.45, 7) is 0.766. The molecule has 1 aliphatic rings. The Morgan fingerprint density at radius 3 is 3.29 bits per heavy atom. The highest BCUT2D eigenvalue weighted by atomic mass is 32.2. The van der Waals surface area contributed by atoms with Crippen LogP contribution in [0.1, 0.15) is 12.8 Å². The molecule has 0 saturated carbocycles. The zero-order valence-electron chi connectivity index (χ0n) is 7.85. The SMILES string of the molecule is O=C(NCC1CCCS1)n1ccnc1. The van der Waals surface area contributed by atoms with Crippen molar-refractivity contribution in [2.75, 3.05) is 12.3 Å². The van der Waals surface area contributed by atoms with E-state index in [1.165, 1.54) is 29.5 Å². The number of amides is 1. The van der Waals surface area contributed by atoms with Crippen LogP contribution in [0.2, 0.25) is 0 Å². The molecule has 0 aromatic carbocycles. The topological polar surface area (TPSA) is 46.9 Å². The monoisotopic (exact) mass is 211 g/mol. The molecule has 0 radical (unpaired) electrons. The number of nitrogens with one attached hydrogen (secondary N) is 1. The van der Waals surface area contributed by atoms with E-state index in [0.29, 0.717) is 5.25 Å². The molecule has 4 nitrogen and oxygen atoms in total. The molecule has 1 N–H and O–H groups in total. The first-order valence-corrected chi connectivity index (χ1v) is 5.79. The lowest BCUT2D eigenvalue weighted by molar-refractivity contribution is 0.242. The number of imidazole rings is 1. The molecule has 14 heavy (non-hydrogen) atoms. The molecule has 76 valence electrons. The van der Waals surface area contributed by atoms with Crippen molar-refractivity contribution >= 4 is 17.8 Å². The van der Waals surface area contributed by atoms with Crippen LogP contribution < -0.4 is 5.32 Å². The van der Waals surface area contributed by atoms with Crippen LogP contribution in [0.4, 0.5) is 4.79 Å². The summed E-state index contributed by atoms with van der Waals surface area (Å²) in [5.41, 5.74) is 0. The van der Waals surface area contributed by atoms with Crippen LogP contribution in [0.15, 0.2) is 18.7 Å². The molecule has 1 aromatic heterocycles. The lowest BCUT2D eigenvalue weighted by Crippen LogP contribution is -2.32. The lowest BCUT2D eigenvalue weighted by atomic mass is 10.2. The third-order valence-corrected chi connectivity index (χ3v) is 3.64. The van der Waals surface area contributed by atoms with Crippen molar-refractivity contribution in [1.29, 1.82) is 0 Å². The average Bonchev–Trinajstić information content (AvgIpc) is 2.87. The second kappa shape index (κ2) is 4.50. The maximum absolute atomic E-state index is 11.5. The number of carbonyl (C=O) groups excluding carboxylic acids is 1. The second-order valence-electron chi connectivity index (χ2n) is 3.29. The third-order valence-electron chi connectivity index (χ3n) is 2.24. The fourth-order valence-electron chi connectivity index (χ4n) is 1.48. The highest BCUT2D eigenvalue weighted by Crippen LogP contribution is 2.25. The smallest absolute Gasteiger partial charge is 0.326 e. The number of hydrogen-bond donors (Lipinski definition) is 1. The number of hydrogen-bond acceptors (Lipinski definition) is 3. The van der Waals surface area contributed by atoms with Gasteiger partial charge in [-0.25, -0.2) is 9.78 Å². The summed E-state index contributed by atoms with van der Waals surface area (Å²) in [4.78, 5) is 15.3. The molecule has 1 atom stereocenters. The van der Waals surface area contributed by atoms with E-state index in [1.807, 2.05) is 11.8 Å². The van der Waals surface area contributed by atoms with Gasteiger partial charge in [0.1, 0.15) is 6.33 Å². The summed E-state index contributed by atoms with van der Waals surface area (Å²) in [7, 11) is 0. The Balaban J connectivity index is 1.78. The van der Waals surface area contributed by atoms with E-state index in [0.717, 1.165) is 6.54 Å². The Bertz CT molecular complexity index is 293. The zero-order chi connectivity index (χ0) is 9.80. The summed E-state index contributed by atoms with van der Waals surface area (Å²) in [5, 5.41) is 3.49. The van der Waals surface area contributed by atoms with Gasteiger partial charge in [-0.15, -0.1) is 0 Å². The molecule has 0 bridgehead atoms. The minimum Gasteiger partial charge on any atom is -0.336 e. The van der Waals surface area contributed by atoms with E-state index in [9.17, 15) is 4.79 Å². The van der Waals surface area contributed by atoms with Gasteiger partial charge in [-0.1, -0.05) is 0 Å². The first-order chi connectivity index (χ1) is 6.86. The zero-order valence-corrected chi connectivity index (χ0v) is 8.67. The van der Waals surface area contributed by atoms with Crippen LogP contribution in [0.25, 0.3) is 0 Å². The molecular weight excluding hydrogens is 198 g/mol. The van der Waals surface area contributed by atoms with E-state index in [1.54, 1.807) is 12.4 Å². The van der Waals surface area contributed by atoms with Crippen molar-refractivity contribution in [2.24, 2.45) is 0 Å². The van der Waals surface area contributed by atoms with Gasteiger partial charge in [0.15, 0.2) is 0 Å². The predicted molar refractivity (Wildman–Crippen MR) is 56.5 cm³/mol. The molecule has 0 spiro atoms. The van der Waals surface area contributed by atoms with Gasteiger partial charge in [-0.2, -0.15) is 11.8 Å². The molecule has 1 saturated heterocycles. The van der Waals surface area contributed by atoms with Crippen LogP contribution in [-0.2, 0) is 0 Å². The van der Waals surface area contributed by atoms with Crippen molar-refractivity contribution in [1.82, 2.24) is 14.9 Å². The van der Waals surface area contributed by atoms with Gasteiger partial charge < -0.3 is 5.32 Å². The third kappa shape index (κ3) is 2.29. The first kappa shape index (κ1) is 9.58. The normalized spacial score (nSPS) is 21.0. The van der Waals surface area contributed by atoms with E-state index in [4.69, 9.17) is 0 Å². The maximum Gasteiger partial charge on any atom is 0.326 e. The Morgan fingerprint density at radius 1 is 1.71 bits per heavy atom. The molecule has 1 fully saturated rings. The Kier molecular flexibility index (Phi) is 3.08. The van der Waals surface area contributed by atoms with Crippen LogP contribution in [0.3, 0.4) is 0 Å². The van der Waals surface area contributed by atoms with Gasteiger partial charge in [0.2, 0.25) is 0 Å². The Morgan fingerprint density at radius 2 is 2.64 bits per heavy atom. The van der Waals surface area contributed by atoms with Gasteiger partial charge in [-0.05, 0) is 18.6 Å². The van der Waals surface area contributed by atoms with Gasteiger partial charge in [0.05, 0.1) is 0 Å². The quantitative estimate of drug-likeness (QED) is 0.803. The minimum atomic E-state index is -0.0880. The largest absolute Gasteiger partial charge is 0.336 e. The van der Waals surface area contributed by atoms with Crippen LogP contribution in [0.5, 0.6) is 0 Å². The molecule has 2 rings (SSSR count). The minimum absolute atomic E-state index is 0.0880. The van der Waals surface area contributed by atoms with Gasteiger partial charge in [0.25, 0.3) is 0 Å². The second-order valence-corrected chi connectivity index (χ2v) is 4.70. The highest BCUT2D eigenvalue weighted by molar-refractivity contribution is 8.00. The van der Waals surface area contributed by atoms with Gasteiger partial charge in [0, 0.05) is 24.2 Å². The number of nitrogens with zero attached hydrogens (tertiary/aromatic N) is 2. The van der Waals surface area contributed by atoms with Gasteiger partial charge in [-0.3, -0.25) is 4.57 Å². The molecule has 1 aliphatic heterocycles. The van der Waals surface area contributed by atoms with Crippen molar-refractivity contribution in [3.63, 3.8) is 0 Å². The van der Waals surface area contributed by atoms with Crippen LogP contribution >= 0.6 is 11.8 Å². The fourth-order valence-corrected chi connectivity index (χ4v) is 2.68. The average molecular weight is 211 g/mol.